The molecule has 0 radical (unpaired) electrons. The Bertz CT molecular complexity index is 532. The molecular weight excluding hydrogens is 268 g/mol. The number of carbonyl (C=O) groups is 2. The summed E-state index contributed by atoms with van der Waals surface area (Å²) >= 11 is 0. The first-order chi connectivity index (χ1) is 8.75. The average molecular weight is 276 g/mol. The highest BCUT2D eigenvalue weighted by Crippen LogP contribution is 2.22. The third-order valence-corrected chi connectivity index (χ3v) is 2.08. The van der Waals surface area contributed by atoms with Crippen LogP contribution < -0.4 is 0 Å². The van der Waals surface area contributed by atoms with Gasteiger partial charge in [0.1, 0.15) is 0 Å². The second-order valence-corrected chi connectivity index (χ2v) is 3.44. The summed E-state index contributed by atoms with van der Waals surface area (Å²) in [5.74, 6) is -4.58. The van der Waals surface area contributed by atoms with Gasteiger partial charge in [0.25, 0.3) is 5.78 Å². The molecule has 0 amide bonds. The van der Waals surface area contributed by atoms with Crippen LogP contribution in [0.3, 0.4) is 0 Å². The average Bonchev–Trinajstić information content (AvgIpc) is 2.36. The third kappa shape index (κ3) is 3.90. The molecule has 0 atom stereocenters. The van der Waals surface area contributed by atoms with Crippen molar-refractivity contribution in [3.05, 3.63) is 41.2 Å². The van der Waals surface area contributed by atoms with Crippen LogP contribution in [0, 0.1) is 0 Å². The Labute approximate surface area is 105 Å². The number of rotatable bonds is 3. The number of hydrogen-bond acceptors (Lipinski definition) is 3. The van der Waals surface area contributed by atoms with Gasteiger partial charge in [0, 0.05) is 5.56 Å². The van der Waals surface area contributed by atoms with E-state index in [4.69, 9.17) is 0 Å². The largest absolute Gasteiger partial charge is 0.464 e. The number of alkyl halides is 3. The summed E-state index contributed by atoms with van der Waals surface area (Å²) in [7, 11) is 0.958. The van der Waals surface area contributed by atoms with Crippen molar-refractivity contribution < 1.29 is 31.9 Å². The van der Waals surface area contributed by atoms with Gasteiger partial charge in [-0.3, -0.25) is 4.79 Å². The fourth-order valence-corrected chi connectivity index (χ4v) is 1.24. The van der Waals surface area contributed by atoms with Crippen LogP contribution in [0.1, 0.15) is 15.9 Å². The zero-order valence-electron chi connectivity index (χ0n) is 9.62. The molecule has 0 heterocycles. The molecule has 0 saturated carbocycles. The van der Waals surface area contributed by atoms with Crippen LogP contribution in [0.15, 0.2) is 30.1 Å². The topological polar surface area (TPSA) is 43.4 Å². The Hall–Kier alpha value is -2.18. The summed E-state index contributed by atoms with van der Waals surface area (Å²) in [6.45, 7) is 0. The molecule has 102 valence electrons. The van der Waals surface area contributed by atoms with E-state index in [2.05, 4.69) is 4.74 Å². The van der Waals surface area contributed by atoms with E-state index in [0.29, 0.717) is 6.08 Å². The number of ketones is 1. The van der Waals surface area contributed by atoms with Crippen molar-refractivity contribution in [2.45, 2.75) is 6.18 Å². The van der Waals surface area contributed by atoms with Crippen LogP contribution in [-0.4, -0.2) is 25.0 Å². The molecule has 0 aromatic heterocycles. The SMILES string of the molecule is COC(=O)/C(F)=C/c1cccc(C(=O)C(F)(F)F)c1. The summed E-state index contributed by atoms with van der Waals surface area (Å²) < 4.78 is 53.8. The van der Waals surface area contributed by atoms with Crippen molar-refractivity contribution in [1.29, 1.82) is 0 Å². The number of hydrogen-bond donors (Lipinski definition) is 0. The van der Waals surface area contributed by atoms with E-state index < -0.39 is 29.3 Å². The summed E-state index contributed by atoms with van der Waals surface area (Å²) in [6.07, 6.45) is -4.33. The van der Waals surface area contributed by atoms with Crippen LogP contribution in [-0.2, 0) is 9.53 Å². The van der Waals surface area contributed by atoms with E-state index in [1.807, 2.05) is 0 Å². The maximum atomic E-state index is 13.1. The van der Waals surface area contributed by atoms with E-state index >= 15 is 0 Å². The number of methoxy groups -OCH3 is 1. The number of esters is 1. The van der Waals surface area contributed by atoms with Crippen molar-refractivity contribution in [2.75, 3.05) is 7.11 Å². The molecule has 0 spiro atoms. The van der Waals surface area contributed by atoms with E-state index in [-0.39, 0.29) is 5.56 Å². The fraction of sp³-hybridized carbons (Fsp3) is 0.167. The number of ether oxygens (including phenoxy) is 1. The van der Waals surface area contributed by atoms with E-state index in [0.717, 1.165) is 25.3 Å². The van der Waals surface area contributed by atoms with Crippen LogP contribution in [0.25, 0.3) is 6.08 Å². The van der Waals surface area contributed by atoms with Crippen LogP contribution >= 0.6 is 0 Å². The Morgan fingerprint density at radius 3 is 2.42 bits per heavy atom. The lowest BCUT2D eigenvalue weighted by Crippen LogP contribution is -2.22. The van der Waals surface area contributed by atoms with Gasteiger partial charge in [0.15, 0.2) is 0 Å². The predicted octanol–water partition coefficient (Wildman–Crippen LogP) is 2.92. The van der Waals surface area contributed by atoms with Crippen molar-refractivity contribution in [3.8, 4) is 0 Å². The van der Waals surface area contributed by atoms with Crippen molar-refractivity contribution in [1.82, 2.24) is 0 Å². The molecule has 1 aromatic rings. The standard InChI is InChI=1S/C12H8F4O3/c1-19-11(18)9(13)6-7-3-2-4-8(5-7)10(17)12(14,15)16/h2-6H,1H3/b9-6-. The molecule has 0 aliphatic rings. The Kier molecular flexibility index (Phi) is 4.42. The molecule has 0 aliphatic carbocycles. The van der Waals surface area contributed by atoms with E-state index in [1.54, 1.807) is 0 Å². The molecule has 0 saturated heterocycles. The first kappa shape index (κ1) is 14.9. The number of halogens is 4. The van der Waals surface area contributed by atoms with Gasteiger partial charge in [0.2, 0.25) is 5.83 Å². The van der Waals surface area contributed by atoms with Gasteiger partial charge in [-0.25, -0.2) is 4.79 Å². The number of benzene rings is 1. The maximum absolute atomic E-state index is 13.1. The molecule has 0 unspecified atom stereocenters. The van der Waals surface area contributed by atoms with Gasteiger partial charge in [-0.2, -0.15) is 17.6 Å². The summed E-state index contributed by atoms with van der Waals surface area (Å²) in [6, 6.07) is 4.17. The van der Waals surface area contributed by atoms with Gasteiger partial charge in [-0.1, -0.05) is 18.2 Å². The number of Topliss-reactive ketones (excluding diaryl/α,β-unsaturated/α-hetero) is 1. The van der Waals surface area contributed by atoms with Crippen LogP contribution in [0.5, 0.6) is 0 Å². The normalized spacial score (nSPS) is 12.2. The second kappa shape index (κ2) is 5.64. The molecule has 0 aliphatic heterocycles. The van der Waals surface area contributed by atoms with Gasteiger partial charge in [0.05, 0.1) is 7.11 Å². The van der Waals surface area contributed by atoms with Crippen LogP contribution in [0.4, 0.5) is 17.6 Å². The molecule has 0 bridgehead atoms. The van der Waals surface area contributed by atoms with Crippen LogP contribution in [0.2, 0.25) is 0 Å². The van der Waals surface area contributed by atoms with Crippen molar-refractivity contribution in [2.24, 2.45) is 0 Å². The lowest BCUT2D eigenvalue weighted by molar-refractivity contribution is -0.137. The molecule has 19 heavy (non-hydrogen) atoms. The predicted molar refractivity (Wildman–Crippen MR) is 57.9 cm³/mol. The first-order valence-electron chi connectivity index (χ1n) is 4.93. The summed E-state index contributed by atoms with van der Waals surface area (Å²) in [5.41, 5.74) is -0.697. The zero-order valence-corrected chi connectivity index (χ0v) is 9.62. The van der Waals surface area contributed by atoms with Gasteiger partial charge >= 0.3 is 12.1 Å². The zero-order chi connectivity index (χ0) is 14.6. The lowest BCUT2D eigenvalue weighted by Gasteiger charge is -2.05. The highest BCUT2D eigenvalue weighted by atomic mass is 19.4. The second-order valence-electron chi connectivity index (χ2n) is 3.44. The van der Waals surface area contributed by atoms with E-state index in [1.165, 1.54) is 6.07 Å². The first-order valence-corrected chi connectivity index (χ1v) is 4.93. The Balaban J connectivity index is 3.08. The lowest BCUT2D eigenvalue weighted by atomic mass is 10.1. The van der Waals surface area contributed by atoms with Gasteiger partial charge in [-0.05, 0) is 17.7 Å². The fourth-order valence-electron chi connectivity index (χ4n) is 1.24. The molecule has 3 nitrogen and oxygen atoms in total. The molecule has 1 rings (SSSR count). The summed E-state index contributed by atoms with van der Waals surface area (Å²) in [5, 5.41) is 0. The van der Waals surface area contributed by atoms with Crippen molar-refractivity contribution in [3.63, 3.8) is 0 Å². The van der Waals surface area contributed by atoms with Gasteiger partial charge < -0.3 is 4.74 Å². The smallest absolute Gasteiger partial charge is 0.454 e. The monoisotopic (exact) mass is 276 g/mol. The molecule has 1 aromatic carbocycles. The highest BCUT2D eigenvalue weighted by molar-refractivity contribution is 6.01. The third-order valence-electron chi connectivity index (χ3n) is 2.08. The van der Waals surface area contributed by atoms with Crippen molar-refractivity contribution >= 4 is 17.8 Å². The molecule has 0 fully saturated rings. The van der Waals surface area contributed by atoms with Gasteiger partial charge in [-0.15, -0.1) is 0 Å². The minimum absolute atomic E-state index is 0.0574. The molecular formula is C12H8F4O3. The Morgan fingerprint density at radius 2 is 1.89 bits per heavy atom. The molecule has 0 N–H and O–H groups in total. The maximum Gasteiger partial charge on any atom is 0.454 e. The minimum Gasteiger partial charge on any atom is -0.464 e. The Morgan fingerprint density at radius 1 is 1.26 bits per heavy atom. The summed E-state index contributed by atoms with van der Waals surface area (Å²) in [4.78, 5) is 21.7. The number of carbonyl (C=O) groups excluding carboxylic acids is 2. The molecule has 7 heteroatoms. The highest BCUT2D eigenvalue weighted by Gasteiger charge is 2.39. The quantitative estimate of drug-likeness (QED) is 0.369. The minimum atomic E-state index is -5.01. The van der Waals surface area contributed by atoms with E-state index in [9.17, 15) is 27.2 Å².